The number of benzene rings is 1. The zero-order chi connectivity index (χ0) is 21.3. The van der Waals surface area contributed by atoms with Gasteiger partial charge in [0.1, 0.15) is 0 Å². The van der Waals surface area contributed by atoms with Gasteiger partial charge >= 0.3 is 11.9 Å². The zero-order valence-corrected chi connectivity index (χ0v) is 16.8. The minimum absolute atomic E-state index is 0.0177. The fraction of sp³-hybridized carbons (Fsp3) is 0.500. The predicted molar refractivity (Wildman–Crippen MR) is 99.3 cm³/mol. The minimum atomic E-state index is -1.53. The second-order valence-corrected chi connectivity index (χ2v) is 5.95. The fourth-order valence-corrected chi connectivity index (χ4v) is 2.78. The Morgan fingerprint density at radius 1 is 0.857 bits per heavy atom. The van der Waals surface area contributed by atoms with Gasteiger partial charge in [-0.3, -0.25) is 9.59 Å². The van der Waals surface area contributed by atoms with Gasteiger partial charge in [-0.1, -0.05) is 31.5 Å². The monoisotopic (exact) mass is 394 g/mol. The summed E-state index contributed by atoms with van der Waals surface area (Å²) in [5.41, 5.74) is 0.550. The van der Waals surface area contributed by atoms with Crippen LogP contribution in [-0.2, 0) is 35.0 Å². The summed E-state index contributed by atoms with van der Waals surface area (Å²) in [5, 5.41) is 0. The molecule has 2 atom stereocenters. The number of unbranched alkanes of at least 4 members (excludes halogenated alkanes) is 1. The van der Waals surface area contributed by atoms with Crippen molar-refractivity contribution in [2.45, 2.75) is 38.4 Å². The number of Topliss-reactive ketones (excluding diaryl/α,β-unsaturated/α-hetero) is 2. The number of esters is 2. The van der Waals surface area contributed by atoms with Gasteiger partial charge in [0.05, 0.1) is 14.2 Å². The molecule has 0 aliphatic rings. The first kappa shape index (κ1) is 23.5. The van der Waals surface area contributed by atoms with Crippen LogP contribution in [0.1, 0.15) is 46.0 Å². The molecule has 0 bridgehead atoms. The lowest BCUT2D eigenvalue weighted by molar-refractivity contribution is -0.150. The molecule has 0 saturated heterocycles. The molecule has 0 radical (unpaired) electrons. The van der Waals surface area contributed by atoms with E-state index in [2.05, 4.69) is 9.47 Å². The fourth-order valence-electron chi connectivity index (χ4n) is 2.78. The molecule has 0 spiro atoms. The van der Waals surface area contributed by atoms with Crippen LogP contribution in [0, 0.1) is 0 Å². The normalized spacial score (nSPS) is 12.8. The molecule has 28 heavy (non-hydrogen) atoms. The Morgan fingerprint density at radius 3 is 1.86 bits per heavy atom. The summed E-state index contributed by atoms with van der Waals surface area (Å²) in [6.07, 6.45) is -0.931. The second-order valence-electron chi connectivity index (χ2n) is 5.95. The summed E-state index contributed by atoms with van der Waals surface area (Å²) in [5.74, 6) is -3.23. The van der Waals surface area contributed by atoms with Crippen LogP contribution in [0.5, 0.6) is 0 Å². The Labute approximate surface area is 164 Å². The lowest BCUT2D eigenvalue weighted by Gasteiger charge is -2.19. The number of methoxy groups -OCH3 is 4. The van der Waals surface area contributed by atoms with Crippen LogP contribution in [0.15, 0.2) is 18.2 Å². The molecule has 8 heteroatoms. The van der Waals surface area contributed by atoms with E-state index in [0.29, 0.717) is 12.0 Å². The van der Waals surface area contributed by atoms with Gasteiger partial charge in [-0.25, -0.2) is 9.59 Å². The first-order valence-corrected chi connectivity index (χ1v) is 8.79. The largest absolute Gasteiger partial charge is 0.467 e. The molecular formula is C20H26O8. The van der Waals surface area contributed by atoms with Gasteiger partial charge in [0.25, 0.3) is 0 Å². The van der Waals surface area contributed by atoms with E-state index >= 15 is 0 Å². The van der Waals surface area contributed by atoms with Crippen molar-refractivity contribution in [3.63, 3.8) is 0 Å². The van der Waals surface area contributed by atoms with Gasteiger partial charge in [-0.15, -0.1) is 0 Å². The maximum atomic E-state index is 13.1. The molecule has 0 saturated carbocycles. The number of carbonyl (C=O) groups excluding carboxylic acids is 4. The Balaban J connectivity index is 3.56. The maximum absolute atomic E-state index is 13.1. The number of ether oxygens (including phenoxy) is 4. The minimum Gasteiger partial charge on any atom is -0.467 e. The summed E-state index contributed by atoms with van der Waals surface area (Å²) < 4.78 is 19.2. The number of ketones is 2. The van der Waals surface area contributed by atoms with Gasteiger partial charge in [0.2, 0.25) is 23.8 Å². The van der Waals surface area contributed by atoms with Crippen LogP contribution in [0.2, 0.25) is 0 Å². The molecule has 0 N–H and O–H groups in total. The zero-order valence-electron chi connectivity index (χ0n) is 16.8. The van der Waals surface area contributed by atoms with Gasteiger partial charge < -0.3 is 18.9 Å². The quantitative estimate of drug-likeness (QED) is 0.318. The molecule has 0 aromatic heterocycles. The van der Waals surface area contributed by atoms with Crippen molar-refractivity contribution in [3.05, 3.63) is 34.9 Å². The van der Waals surface area contributed by atoms with Gasteiger partial charge in [0.15, 0.2) is 0 Å². The van der Waals surface area contributed by atoms with E-state index < -0.39 is 35.7 Å². The average molecular weight is 394 g/mol. The molecule has 1 aromatic rings. The number of hydrogen-bond donors (Lipinski definition) is 0. The Bertz CT molecular complexity index is 725. The molecule has 0 amide bonds. The summed E-state index contributed by atoms with van der Waals surface area (Å²) in [6.45, 7) is 1.99. The molecule has 2 unspecified atom stereocenters. The van der Waals surface area contributed by atoms with Crippen molar-refractivity contribution >= 4 is 23.5 Å². The van der Waals surface area contributed by atoms with Crippen molar-refractivity contribution in [3.8, 4) is 0 Å². The standard InChI is InChI=1S/C20H26O8/c1-6-7-9-12-10-8-11-13(15(21)17(25-2)19(23)27-4)14(12)16(22)18(26-3)20(24)28-5/h8,10-11,17-18H,6-7,9H2,1-5H3. The number of carbonyl (C=O) groups is 4. The van der Waals surface area contributed by atoms with E-state index in [1.807, 2.05) is 6.92 Å². The number of aryl methyl sites for hydroxylation is 1. The Kier molecular flexibility index (Phi) is 9.47. The van der Waals surface area contributed by atoms with Crippen LogP contribution >= 0.6 is 0 Å². The van der Waals surface area contributed by atoms with Gasteiger partial charge in [-0.05, 0) is 18.4 Å². The summed E-state index contributed by atoms with van der Waals surface area (Å²) in [4.78, 5) is 49.9. The molecule has 154 valence electrons. The molecule has 1 rings (SSSR count). The molecule has 0 aliphatic heterocycles. The second kappa shape index (κ2) is 11.3. The first-order valence-electron chi connectivity index (χ1n) is 8.79. The van der Waals surface area contributed by atoms with E-state index in [1.165, 1.54) is 20.3 Å². The van der Waals surface area contributed by atoms with Gasteiger partial charge in [-0.2, -0.15) is 0 Å². The maximum Gasteiger partial charge on any atom is 0.343 e. The first-order chi connectivity index (χ1) is 13.4. The van der Waals surface area contributed by atoms with E-state index in [1.54, 1.807) is 12.1 Å². The molecule has 0 aliphatic carbocycles. The number of rotatable bonds is 11. The predicted octanol–water partition coefficient (Wildman–Crippen LogP) is 1.77. The average Bonchev–Trinajstić information content (AvgIpc) is 2.72. The molecule has 0 fully saturated rings. The lowest BCUT2D eigenvalue weighted by atomic mass is 9.89. The van der Waals surface area contributed by atoms with Crippen LogP contribution < -0.4 is 0 Å². The van der Waals surface area contributed by atoms with E-state index in [-0.39, 0.29) is 11.1 Å². The van der Waals surface area contributed by atoms with Crippen molar-refractivity contribution in [1.82, 2.24) is 0 Å². The Hall–Kier alpha value is -2.58. The summed E-state index contributed by atoms with van der Waals surface area (Å²) in [7, 11) is 4.65. The lowest BCUT2D eigenvalue weighted by Crippen LogP contribution is -2.37. The highest BCUT2D eigenvalue weighted by Crippen LogP contribution is 2.23. The highest BCUT2D eigenvalue weighted by molar-refractivity contribution is 6.20. The third-order valence-corrected chi connectivity index (χ3v) is 4.24. The summed E-state index contributed by atoms with van der Waals surface area (Å²) >= 11 is 0. The van der Waals surface area contributed by atoms with Crippen molar-refractivity contribution in [2.75, 3.05) is 28.4 Å². The molecular weight excluding hydrogens is 368 g/mol. The molecule has 1 aromatic carbocycles. The topological polar surface area (TPSA) is 105 Å². The van der Waals surface area contributed by atoms with Crippen LogP contribution in [0.25, 0.3) is 0 Å². The third kappa shape index (κ3) is 5.24. The van der Waals surface area contributed by atoms with E-state index in [9.17, 15) is 19.2 Å². The van der Waals surface area contributed by atoms with Crippen LogP contribution in [0.3, 0.4) is 0 Å². The SMILES string of the molecule is CCCCc1cccc(C(=O)C(OC)C(=O)OC)c1C(=O)C(OC)C(=O)OC. The highest BCUT2D eigenvalue weighted by Gasteiger charge is 2.36. The van der Waals surface area contributed by atoms with E-state index in [4.69, 9.17) is 9.47 Å². The van der Waals surface area contributed by atoms with Crippen LogP contribution in [-0.4, -0.2) is 64.2 Å². The smallest absolute Gasteiger partial charge is 0.343 e. The number of hydrogen-bond acceptors (Lipinski definition) is 8. The van der Waals surface area contributed by atoms with Gasteiger partial charge in [0, 0.05) is 25.3 Å². The summed E-state index contributed by atoms with van der Waals surface area (Å²) in [6, 6.07) is 4.71. The van der Waals surface area contributed by atoms with Crippen molar-refractivity contribution in [1.29, 1.82) is 0 Å². The molecule has 0 heterocycles. The molecule has 8 nitrogen and oxygen atoms in total. The van der Waals surface area contributed by atoms with Crippen molar-refractivity contribution < 1.29 is 38.1 Å². The van der Waals surface area contributed by atoms with Crippen LogP contribution in [0.4, 0.5) is 0 Å². The van der Waals surface area contributed by atoms with E-state index in [0.717, 1.165) is 27.1 Å². The van der Waals surface area contributed by atoms with Crippen molar-refractivity contribution in [2.24, 2.45) is 0 Å². The highest BCUT2D eigenvalue weighted by atomic mass is 16.6. The third-order valence-electron chi connectivity index (χ3n) is 4.24. The Morgan fingerprint density at radius 2 is 1.39 bits per heavy atom.